The second-order valence-electron chi connectivity index (χ2n) is 5.41. The highest BCUT2D eigenvalue weighted by molar-refractivity contribution is 6.07. The molecule has 0 heterocycles. The quantitative estimate of drug-likeness (QED) is 0.467. The minimum absolute atomic E-state index is 0.0730. The number of nitrogens with one attached hydrogen (secondary N) is 1. The lowest BCUT2D eigenvalue weighted by atomic mass is 10.1. The van der Waals surface area contributed by atoms with Crippen LogP contribution in [0.15, 0.2) is 42.5 Å². The SMILES string of the molecule is COc1ccccc1C(=O)NC(=O)COC(=O)c1ccc(C)c([N+](=O)[O-])c1. The van der Waals surface area contributed by atoms with E-state index in [1.165, 1.54) is 32.2 Å². The lowest BCUT2D eigenvalue weighted by Crippen LogP contribution is -2.34. The largest absolute Gasteiger partial charge is 0.496 e. The number of ether oxygens (including phenoxy) is 2. The van der Waals surface area contributed by atoms with Gasteiger partial charge in [0.2, 0.25) is 0 Å². The zero-order chi connectivity index (χ0) is 20.0. The van der Waals surface area contributed by atoms with Gasteiger partial charge in [0.1, 0.15) is 5.75 Å². The first kappa shape index (κ1) is 19.6. The Balaban J connectivity index is 1.97. The summed E-state index contributed by atoms with van der Waals surface area (Å²) < 4.78 is 9.83. The highest BCUT2D eigenvalue weighted by Crippen LogP contribution is 2.20. The average molecular weight is 372 g/mol. The first-order valence-corrected chi connectivity index (χ1v) is 7.73. The van der Waals surface area contributed by atoms with Gasteiger partial charge in [-0.2, -0.15) is 0 Å². The zero-order valence-electron chi connectivity index (χ0n) is 14.6. The maximum atomic E-state index is 12.1. The monoisotopic (exact) mass is 372 g/mol. The van der Waals surface area contributed by atoms with E-state index in [4.69, 9.17) is 9.47 Å². The second kappa shape index (κ2) is 8.56. The summed E-state index contributed by atoms with van der Waals surface area (Å²) in [5.41, 5.74) is 0.224. The molecule has 0 radical (unpaired) electrons. The molecular weight excluding hydrogens is 356 g/mol. The van der Waals surface area contributed by atoms with Crippen LogP contribution in [0.1, 0.15) is 26.3 Å². The molecule has 0 bridgehead atoms. The van der Waals surface area contributed by atoms with Gasteiger partial charge in [0.15, 0.2) is 6.61 Å². The van der Waals surface area contributed by atoms with E-state index in [1.54, 1.807) is 18.2 Å². The number of para-hydroxylation sites is 1. The van der Waals surface area contributed by atoms with Gasteiger partial charge < -0.3 is 9.47 Å². The molecule has 1 N–H and O–H groups in total. The molecule has 0 spiro atoms. The summed E-state index contributed by atoms with van der Waals surface area (Å²) >= 11 is 0. The number of nitrogens with zero attached hydrogens (tertiary/aromatic N) is 1. The summed E-state index contributed by atoms with van der Waals surface area (Å²) in [6, 6.07) is 10.1. The molecule has 9 heteroatoms. The molecule has 0 aliphatic carbocycles. The van der Waals surface area contributed by atoms with Crippen LogP contribution in [-0.2, 0) is 9.53 Å². The highest BCUT2D eigenvalue weighted by atomic mass is 16.6. The van der Waals surface area contributed by atoms with E-state index in [1.807, 2.05) is 0 Å². The van der Waals surface area contributed by atoms with Gasteiger partial charge >= 0.3 is 5.97 Å². The molecule has 2 amide bonds. The summed E-state index contributed by atoms with van der Waals surface area (Å²) in [6.45, 7) is 0.811. The van der Waals surface area contributed by atoms with Crippen molar-refractivity contribution < 1.29 is 28.8 Å². The Morgan fingerprint density at radius 1 is 1.15 bits per heavy atom. The molecule has 0 atom stereocenters. The smallest absolute Gasteiger partial charge is 0.338 e. The van der Waals surface area contributed by atoms with Crippen molar-refractivity contribution in [2.75, 3.05) is 13.7 Å². The third-order valence-corrected chi connectivity index (χ3v) is 3.58. The number of hydrogen-bond donors (Lipinski definition) is 1. The number of imide groups is 1. The Kier molecular flexibility index (Phi) is 6.21. The van der Waals surface area contributed by atoms with E-state index in [-0.39, 0.29) is 22.6 Å². The molecule has 27 heavy (non-hydrogen) atoms. The lowest BCUT2D eigenvalue weighted by Gasteiger charge is -2.09. The molecule has 0 saturated carbocycles. The van der Waals surface area contributed by atoms with Crippen LogP contribution in [0.25, 0.3) is 0 Å². The molecule has 140 valence electrons. The van der Waals surface area contributed by atoms with Gasteiger partial charge in [-0.05, 0) is 25.1 Å². The highest BCUT2D eigenvalue weighted by Gasteiger charge is 2.18. The number of nitro groups is 1. The summed E-state index contributed by atoms with van der Waals surface area (Å²) in [5.74, 6) is -2.19. The summed E-state index contributed by atoms with van der Waals surface area (Å²) in [7, 11) is 1.39. The van der Waals surface area contributed by atoms with Crippen LogP contribution in [0.2, 0.25) is 0 Å². The number of nitro benzene ring substituents is 1. The number of carbonyl (C=O) groups excluding carboxylic acids is 3. The minimum Gasteiger partial charge on any atom is -0.496 e. The Hall–Kier alpha value is -3.75. The van der Waals surface area contributed by atoms with Crippen LogP contribution in [0, 0.1) is 17.0 Å². The number of aryl methyl sites for hydroxylation is 1. The van der Waals surface area contributed by atoms with E-state index in [0.717, 1.165) is 6.07 Å². The summed E-state index contributed by atoms with van der Waals surface area (Å²) in [5, 5.41) is 13.0. The fourth-order valence-corrected chi connectivity index (χ4v) is 2.21. The number of esters is 1. The van der Waals surface area contributed by atoms with Crippen molar-refractivity contribution in [2.24, 2.45) is 0 Å². The van der Waals surface area contributed by atoms with Crippen molar-refractivity contribution in [1.82, 2.24) is 5.32 Å². The maximum Gasteiger partial charge on any atom is 0.338 e. The van der Waals surface area contributed by atoms with Crippen molar-refractivity contribution in [1.29, 1.82) is 0 Å². The van der Waals surface area contributed by atoms with Crippen LogP contribution in [0.3, 0.4) is 0 Å². The molecule has 0 aromatic heterocycles. The summed E-state index contributed by atoms with van der Waals surface area (Å²) in [4.78, 5) is 46.2. The first-order valence-electron chi connectivity index (χ1n) is 7.73. The Morgan fingerprint density at radius 2 is 1.85 bits per heavy atom. The fraction of sp³-hybridized carbons (Fsp3) is 0.167. The minimum atomic E-state index is -0.919. The van der Waals surface area contributed by atoms with Crippen molar-refractivity contribution in [3.8, 4) is 5.75 Å². The Bertz CT molecular complexity index is 908. The number of amides is 2. The van der Waals surface area contributed by atoms with Crippen LogP contribution in [0.4, 0.5) is 5.69 Å². The van der Waals surface area contributed by atoms with Crippen LogP contribution < -0.4 is 10.1 Å². The third kappa shape index (κ3) is 4.88. The maximum absolute atomic E-state index is 12.1. The van der Waals surface area contributed by atoms with Crippen molar-refractivity contribution in [3.63, 3.8) is 0 Å². The Labute approximate surface area is 154 Å². The van der Waals surface area contributed by atoms with Gasteiger partial charge in [-0.1, -0.05) is 18.2 Å². The third-order valence-electron chi connectivity index (χ3n) is 3.58. The van der Waals surface area contributed by atoms with Crippen molar-refractivity contribution >= 4 is 23.5 Å². The van der Waals surface area contributed by atoms with Gasteiger partial charge in [-0.25, -0.2) is 4.79 Å². The van der Waals surface area contributed by atoms with Crippen LogP contribution in [-0.4, -0.2) is 36.4 Å². The number of hydrogen-bond acceptors (Lipinski definition) is 7. The number of rotatable bonds is 6. The zero-order valence-corrected chi connectivity index (χ0v) is 14.6. The topological polar surface area (TPSA) is 125 Å². The van der Waals surface area contributed by atoms with E-state index < -0.39 is 29.3 Å². The first-order chi connectivity index (χ1) is 12.8. The normalized spacial score (nSPS) is 10.0. The standard InChI is InChI=1S/C18H16N2O7/c1-11-7-8-12(9-14(11)20(24)25)18(23)27-10-16(21)19-17(22)13-5-3-4-6-15(13)26-2/h3-9H,10H2,1-2H3,(H,19,21,22). The molecule has 0 saturated heterocycles. The Morgan fingerprint density at radius 3 is 2.52 bits per heavy atom. The van der Waals surface area contributed by atoms with Gasteiger partial charge in [-0.3, -0.25) is 25.0 Å². The van der Waals surface area contributed by atoms with E-state index in [9.17, 15) is 24.5 Å². The predicted octanol–water partition coefficient (Wildman–Crippen LogP) is 2.03. The van der Waals surface area contributed by atoms with Gasteiger partial charge in [0.25, 0.3) is 17.5 Å². The molecule has 2 aromatic rings. The number of benzene rings is 2. The van der Waals surface area contributed by atoms with E-state index in [2.05, 4.69) is 5.32 Å². The fourth-order valence-electron chi connectivity index (χ4n) is 2.21. The van der Waals surface area contributed by atoms with Crippen LogP contribution >= 0.6 is 0 Å². The van der Waals surface area contributed by atoms with E-state index >= 15 is 0 Å². The molecule has 0 unspecified atom stereocenters. The van der Waals surface area contributed by atoms with Gasteiger partial charge in [-0.15, -0.1) is 0 Å². The number of carbonyl (C=O) groups is 3. The summed E-state index contributed by atoms with van der Waals surface area (Å²) in [6.07, 6.45) is 0. The molecule has 0 aliphatic heterocycles. The molecule has 2 rings (SSSR count). The van der Waals surface area contributed by atoms with Gasteiger partial charge in [0.05, 0.1) is 23.2 Å². The molecule has 0 fully saturated rings. The van der Waals surface area contributed by atoms with Gasteiger partial charge in [0, 0.05) is 11.6 Å². The van der Waals surface area contributed by atoms with Crippen LogP contribution in [0.5, 0.6) is 5.75 Å². The molecule has 0 aliphatic rings. The van der Waals surface area contributed by atoms with E-state index in [0.29, 0.717) is 5.56 Å². The van der Waals surface area contributed by atoms with Crippen molar-refractivity contribution in [2.45, 2.75) is 6.92 Å². The lowest BCUT2D eigenvalue weighted by molar-refractivity contribution is -0.385. The second-order valence-corrected chi connectivity index (χ2v) is 5.41. The molecular formula is C18H16N2O7. The molecule has 9 nitrogen and oxygen atoms in total. The number of methoxy groups -OCH3 is 1. The van der Waals surface area contributed by atoms with Crippen molar-refractivity contribution in [3.05, 3.63) is 69.3 Å². The average Bonchev–Trinajstić information content (AvgIpc) is 2.66. The predicted molar refractivity (Wildman–Crippen MR) is 93.6 cm³/mol. The molecule has 2 aromatic carbocycles.